The van der Waals surface area contributed by atoms with E-state index < -0.39 is 0 Å². The lowest BCUT2D eigenvalue weighted by Crippen LogP contribution is -2.45. The first-order valence-electron chi connectivity index (χ1n) is 7.97. The van der Waals surface area contributed by atoms with Crippen LogP contribution in [-0.2, 0) is 0 Å². The Balaban J connectivity index is 1.77. The Morgan fingerprint density at radius 3 is 2.14 bits per heavy atom. The van der Waals surface area contributed by atoms with Gasteiger partial charge in [0.2, 0.25) is 0 Å². The normalized spacial score (nSPS) is 21.3. The molecule has 1 heterocycles. The third kappa shape index (κ3) is 2.10. The number of hydrogen-bond acceptors (Lipinski definition) is 2. The zero-order valence-electron chi connectivity index (χ0n) is 12.5. The highest BCUT2D eigenvalue weighted by Gasteiger charge is 2.34. The maximum atomic E-state index is 3.55. The molecule has 0 radical (unpaired) electrons. The van der Waals surface area contributed by atoms with Crippen molar-refractivity contribution in [1.29, 1.82) is 0 Å². The Bertz CT molecular complexity index is 598. The zero-order chi connectivity index (χ0) is 14.2. The number of piperidine rings is 1. The summed E-state index contributed by atoms with van der Waals surface area (Å²) >= 11 is 0. The smallest absolute Gasteiger partial charge is 0.0614 e. The fourth-order valence-corrected chi connectivity index (χ4v) is 3.96. The quantitative estimate of drug-likeness (QED) is 0.905. The Morgan fingerprint density at radius 2 is 1.57 bits per heavy atom. The van der Waals surface area contributed by atoms with Crippen molar-refractivity contribution in [2.24, 2.45) is 0 Å². The van der Waals surface area contributed by atoms with Crippen LogP contribution in [0.25, 0.3) is 11.1 Å². The van der Waals surface area contributed by atoms with Gasteiger partial charge in [0.05, 0.1) is 6.04 Å². The molecule has 2 aliphatic rings. The molecule has 21 heavy (non-hydrogen) atoms. The average Bonchev–Trinajstić information content (AvgIpc) is 2.90. The maximum absolute atomic E-state index is 3.55. The van der Waals surface area contributed by atoms with Crippen molar-refractivity contribution in [3.05, 3.63) is 59.7 Å². The molecule has 0 amide bonds. The summed E-state index contributed by atoms with van der Waals surface area (Å²) in [5.41, 5.74) is 5.75. The van der Waals surface area contributed by atoms with E-state index in [4.69, 9.17) is 0 Å². The number of fused-ring (bicyclic) bond motifs is 3. The molecule has 1 atom stereocenters. The number of likely N-dealkylation sites (N-methyl/N-ethyl adjacent to an activating group) is 1. The predicted octanol–water partition coefficient (Wildman–Crippen LogP) is 3.44. The van der Waals surface area contributed by atoms with Crippen molar-refractivity contribution < 1.29 is 0 Å². The first-order chi connectivity index (χ1) is 10.4. The summed E-state index contributed by atoms with van der Waals surface area (Å²) in [6.07, 6.45) is 2.58. The highest BCUT2D eigenvalue weighted by molar-refractivity contribution is 5.78. The Kier molecular flexibility index (Phi) is 3.28. The predicted molar refractivity (Wildman–Crippen MR) is 87.4 cm³/mol. The van der Waals surface area contributed by atoms with Crippen LogP contribution in [0.1, 0.15) is 30.0 Å². The number of benzene rings is 2. The molecule has 1 aliphatic heterocycles. The molecule has 2 aromatic carbocycles. The van der Waals surface area contributed by atoms with E-state index in [2.05, 4.69) is 65.8 Å². The van der Waals surface area contributed by atoms with Gasteiger partial charge in [0.25, 0.3) is 0 Å². The van der Waals surface area contributed by atoms with Crippen molar-refractivity contribution in [3.63, 3.8) is 0 Å². The molecule has 1 aliphatic carbocycles. The van der Waals surface area contributed by atoms with Crippen molar-refractivity contribution in [1.82, 2.24) is 10.2 Å². The van der Waals surface area contributed by atoms with Crippen LogP contribution in [0.5, 0.6) is 0 Å². The molecule has 0 bridgehead atoms. The molecule has 0 aromatic heterocycles. The van der Waals surface area contributed by atoms with Crippen LogP contribution in [0.15, 0.2) is 48.5 Å². The molecule has 108 valence electrons. The Labute approximate surface area is 126 Å². The molecule has 2 heteroatoms. The van der Waals surface area contributed by atoms with Crippen LogP contribution in [0.2, 0.25) is 0 Å². The summed E-state index contributed by atoms with van der Waals surface area (Å²) in [5.74, 6) is 0. The number of nitrogens with one attached hydrogen (secondary N) is 1. The van der Waals surface area contributed by atoms with Crippen molar-refractivity contribution in [2.75, 3.05) is 20.1 Å². The molecular formula is C19H22N2. The summed E-state index contributed by atoms with van der Waals surface area (Å²) < 4.78 is 0. The van der Waals surface area contributed by atoms with E-state index in [-0.39, 0.29) is 0 Å². The minimum absolute atomic E-state index is 0.405. The number of hydrogen-bond donors (Lipinski definition) is 1. The van der Waals surface area contributed by atoms with Crippen molar-refractivity contribution in [3.8, 4) is 11.1 Å². The number of nitrogens with zero attached hydrogens (tertiary/aromatic N) is 1. The highest BCUT2D eigenvalue weighted by atomic mass is 15.2. The van der Waals surface area contributed by atoms with Gasteiger partial charge in [-0.2, -0.15) is 0 Å². The van der Waals surface area contributed by atoms with Gasteiger partial charge in [-0.3, -0.25) is 4.90 Å². The Morgan fingerprint density at radius 1 is 0.952 bits per heavy atom. The minimum Gasteiger partial charge on any atom is -0.315 e. The Hall–Kier alpha value is -1.64. The largest absolute Gasteiger partial charge is 0.315 e. The minimum atomic E-state index is 0.405. The lowest BCUT2D eigenvalue weighted by atomic mass is 9.99. The molecule has 1 fully saturated rings. The van der Waals surface area contributed by atoms with E-state index in [1.807, 2.05) is 0 Å². The summed E-state index contributed by atoms with van der Waals surface area (Å²) in [4.78, 5) is 2.58. The van der Waals surface area contributed by atoms with Gasteiger partial charge in [-0.25, -0.2) is 0 Å². The van der Waals surface area contributed by atoms with E-state index in [0.29, 0.717) is 12.1 Å². The fraction of sp³-hybridized carbons (Fsp3) is 0.368. The zero-order valence-corrected chi connectivity index (χ0v) is 12.5. The van der Waals surface area contributed by atoms with Crippen LogP contribution in [0.3, 0.4) is 0 Å². The fourth-order valence-electron chi connectivity index (χ4n) is 3.96. The van der Waals surface area contributed by atoms with Crippen LogP contribution in [0, 0.1) is 0 Å². The summed E-state index contributed by atoms with van der Waals surface area (Å²) in [6.45, 7) is 2.28. The van der Waals surface area contributed by atoms with Gasteiger partial charge in [-0.1, -0.05) is 48.5 Å². The second kappa shape index (κ2) is 5.28. The molecule has 0 saturated carbocycles. The van der Waals surface area contributed by atoms with E-state index >= 15 is 0 Å². The van der Waals surface area contributed by atoms with Crippen LogP contribution in [-0.4, -0.2) is 31.1 Å². The average molecular weight is 278 g/mol. The monoisotopic (exact) mass is 278 g/mol. The molecule has 1 unspecified atom stereocenters. The third-order valence-electron chi connectivity index (χ3n) is 5.06. The van der Waals surface area contributed by atoms with E-state index in [0.717, 1.165) is 6.54 Å². The summed E-state index contributed by atoms with van der Waals surface area (Å²) in [6, 6.07) is 18.8. The van der Waals surface area contributed by atoms with E-state index in [1.165, 1.54) is 41.6 Å². The maximum Gasteiger partial charge on any atom is 0.0614 e. The summed E-state index contributed by atoms with van der Waals surface area (Å²) in [5, 5.41) is 3.55. The molecule has 2 aromatic rings. The molecule has 1 saturated heterocycles. The van der Waals surface area contributed by atoms with Crippen molar-refractivity contribution in [2.45, 2.75) is 24.9 Å². The highest BCUT2D eigenvalue weighted by Crippen LogP contribution is 2.46. The molecule has 4 rings (SSSR count). The van der Waals surface area contributed by atoms with Crippen LogP contribution < -0.4 is 5.32 Å². The van der Waals surface area contributed by atoms with Crippen molar-refractivity contribution >= 4 is 0 Å². The van der Waals surface area contributed by atoms with Gasteiger partial charge in [0.1, 0.15) is 0 Å². The van der Waals surface area contributed by atoms with Gasteiger partial charge < -0.3 is 5.32 Å². The first kappa shape index (κ1) is 13.1. The molecule has 1 N–H and O–H groups in total. The topological polar surface area (TPSA) is 15.3 Å². The van der Waals surface area contributed by atoms with E-state index in [1.54, 1.807) is 0 Å². The van der Waals surface area contributed by atoms with Crippen LogP contribution in [0.4, 0.5) is 0 Å². The first-order valence-corrected chi connectivity index (χ1v) is 7.97. The van der Waals surface area contributed by atoms with Gasteiger partial charge in [0.15, 0.2) is 0 Å². The van der Waals surface area contributed by atoms with Gasteiger partial charge in [0, 0.05) is 12.6 Å². The lowest BCUT2D eigenvalue weighted by molar-refractivity contribution is 0.169. The molecule has 0 spiro atoms. The number of rotatable bonds is 2. The lowest BCUT2D eigenvalue weighted by Gasteiger charge is -2.36. The third-order valence-corrected chi connectivity index (χ3v) is 5.06. The molecule has 2 nitrogen and oxygen atoms in total. The van der Waals surface area contributed by atoms with Gasteiger partial charge >= 0.3 is 0 Å². The second-order valence-electron chi connectivity index (χ2n) is 6.24. The second-order valence-corrected chi connectivity index (χ2v) is 6.24. The van der Waals surface area contributed by atoms with Gasteiger partial charge in [-0.15, -0.1) is 0 Å². The van der Waals surface area contributed by atoms with Crippen LogP contribution >= 0.6 is 0 Å². The molecular weight excluding hydrogens is 256 g/mol. The van der Waals surface area contributed by atoms with E-state index in [9.17, 15) is 0 Å². The summed E-state index contributed by atoms with van der Waals surface area (Å²) in [7, 11) is 2.29. The SMILES string of the molecule is CN(C1CCCNC1)C1c2ccccc2-c2ccccc21. The van der Waals surface area contributed by atoms with Gasteiger partial charge in [-0.05, 0) is 48.7 Å². The standard InChI is InChI=1S/C19H22N2/c1-21(14-7-6-12-20-13-14)19-17-10-4-2-8-15(17)16-9-3-5-11-18(16)19/h2-5,8-11,14,19-20H,6-7,12-13H2,1H3.